The molecular formula is C11H18N6S. The molecule has 98 valence electrons. The summed E-state index contributed by atoms with van der Waals surface area (Å²) in [6.07, 6.45) is 4.16. The molecule has 0 aliphatic heterocycles. The Hall–Kier alpha value is -1.34. The minimum atomic E-state index is -0.0974. The fraction of sp³-hybridized carbons (Fsp3) is 0.636. The second kappa shape index (κ2) is 6.01. The first-order chi connectivity index (χ1) is 8.76. The van der Waals surface area contributed by atoms with Crippen LogP contribution in [0.15, 0.2) is 6.33 Å². The van der Waals surface area contributed by atoms with Crippen molar-refractivity contribution >= 4 is 11.5 Å². The van der Waals surface area contributed by atoms with Crippen molar-refractivity contribution in [3.8, 4) is 0 Å². The van der Waals surface area contributed by atoms with Gasteiger partial charge in [0.05, 0.1) is 10.6 Å². The summed E-state index contributed by atoms with van der Waals surface area (Å²) in [6, 6.07) is -0.0974. The highest BCUT2D eigenvalue weighted by Gasteiger charge is 2.17. The van der Waals surface area contributed by atoms with Crippen molar-refractivity contribution in [2.24, 2.45) is 5.73 Å². The number of hydrogen-bond acceptors (Lipinski definition) is 6. The van der Waals surface area contributed by atoms with E-state index in [9.17, 15) is 0 Å². The molecule has 0 aliphatic rings. The summed E-state index contributed by atoms with van der Waals surface area (Å²) >= 11 is 1.38. The maximum Gasteiger partial charge on any atom is 0.138 e. The second-order valence-electron chi connectivity index (χ2n) is 4.15. The van der Waals surface area contributed by atoms with Crippen LogP contribution in [0.3, 0.4) is 0 Å². The van der Waals surface area contributed by atoms with Crippen LogP contribution in [-0.2, 0) is 19.4 Å². The lowest BCUT2D eigenvalue weighted by atomic mass is 10.1. The first kappa shape index (κ1) is 13.1. The topological polar surface area (TPSA) is 82.5 Å². The smallest absolute Gasteiger partial charge is 0.138 e. The van der Waals surface area contributed by atoms with Crippen LogP contribution in [0.4, 0.5) is 0 Å². The third kappa shape index (κ3) is 2.73. The van der Waals surface area contributed by atoms with Crippen molar-refractivity contribution in [1.82, 2.24) is 24.4 Å². The molecule has 0 radical (unpaired) electrons. The normalized spacial score (nSPS) is 12.8. The molecule has 0 saturated heterocycles. The summed E-state index contributed by atoms with van der Waals surface area (Å²) in [7, 11) is 0. The van der Waals surface area contributed by atoms with E-state index in [1.54, 1.807) is 6.33 Å². The van der Waals surface area contributed by atoms with Crippen LogP contribution in [0.25, 0.3) is 0 Å². The van der Waals surface area contributed by atoms with Crippen LogP contribution < -0.4 is 5.73 Å². The van der Waals surface area contributed by atoms with Gasteiger partial charge in [0.1, 0.15) is 12.2 Å². The van der Waals surface area contributed by atoms with E-state index in [4.69, 9.17) is 5.73 Å². The molecule has 0 aromatic carbocycles. The van der Waals surface area contributed by atoms with Crippen LogP contribution in [0.2, 0.25) is 0 Å². The van der Waals surface area contributed by atoms with Gasteiger partial charge in [-0.1, -0.05) is 18.3 Å². The molecule has 0 amide bonds. The number of hydrogen-bond donors (Lipinski definition) is 1. The van der Waals surface area contributed by atoms with E-state index in [2.05, 4.69) is 33.5 Å². The molecule has 0 spiro atoms. The number of nitrogens with zero attached hydrogens (tertiary/aromatic N) is 5. The van der Waals surface area contributed by atoms with Gasteiger partial charge in [0.2, 0.25) is 0 Å². The van der Waals surface area contributed by atoms with E-state index >= 15 is 0 Å². The van der Waals surface area contributed by atoms with Crippen LogP contribution in [0, 0.1) is 0 Å². The standard InChI is InChI=1S/C11H18N6S/c1-3-5-17-10(13-7-14-17)6-8(12)11-9(4-2)15-16-18-11/h7-8H,3-6,12H2,1-2H3. The Morgan fingerprint density at radius 3 is 3.00 bits per heavy atom. The highest BCUT2D eigenvalue weighted by atomic mass is 32.1. The molecular weight excluding hydrogens is 248 g/mol. The Bertz CT molecular complexity index is 491. The minimum absolute atomic E-state index is 0.0974. The van der Waals surface area contributed by atoms with Gasteiger partial charge in [-0.2, -0.15) is 5.10 Å². The molecule has 2 heterocycles. The van der Waals surface area contributed by atoms with Crippen molar-refractivity contribution in [2.45, 2.75) is 45.7 Å². The van der Waals surface area contributed by atoms with E-state index in [0.717, 1.165) is 35.8 Å². The summed E-state index contributed by atoms with van der Waals surface area (Å²) in [5.41, 5.74) is 7.22. The monoisotopic (exact) mass is 266 g/mol. The van der Waals surface area contributed by atoms with Crippen molar-refractivity contribution in [3.63, 3.8) is 0 Å². The summed E-state index contributed by atoms with van der Waals surface area (Å²) in [5.74, 6) is 0.930. The number of aromatic nitrogens is 5. The van der Waals surface area contributed by atoms with Crippen LogP contribution in [-0.4, -0.2) is 24.4 Å². The minimum Gasteiger partial charge on any atom is -0.323 e. The maximum atomic E-state index is 6.22. The predicted molar refractivity (Wildman–Crippen MR) is 70.2 cm³/mol. The number of nitrogens with two attached hydrogens (primary N) is 1. The fourth-order valence-corrected chi connectivity index (χ4v) is 2.61. The Morgan fingerprint density at radius 2 is 2.28 bits per heavy atom. The largest absolute Gasteiger partial charge is 0.323 e. The fourth-order valence-electron chi connectivity index (χ4n) is 1.88. The van der Waals surface area contributed by atoms with E-state index in [-0.39, 0.29) is 6.04 Å². The quantitative estimate of drug-likeness (QED) is 0.853. The van der Waals surface area contributed by atoms with Crippen molar-refractivity contribution in [1.29, 1.82) is 0 Å². The SMILES string of the molecule is CCCn1ncnc1CC(N)c1snnc1CC. The average molecular weight is 266 g/mol. The van der Waals surface area contributed by atoms with E-state index in [1.807, 2.05) is 4.68 Å². The second-order valence-corrected chi connectivity index (χ2v) is 4.93. The van der Waals surface area contributed by atoms with Gasteiger partial charge in [-0.25, -0.2) is 4.98 Å². The summed E-state index contributed by atoms with van der Waals surface area (Å²) < 4.78 is 5.89. The highest BCUT2D eigenvalue weighted by Crippen LogP contribution is 2.21. The van der Waals surface area contributed by atoms with Gasteiger partial charge in [-0.15, -0.1) is 5.10 Å². The van der Waals surface area contributed by atoms with Gasteiger partial charge < -0.3 is 5.73 Å². The number of aryl methyl sites for hydroxylation is 2. The summed E-state index contributed by atoms with van der Waals surface area (Å²) in [5, 5.41) is 8.29. The van der Waals surface area contributed by atoms with Gasteiger partial charge in [0.15, 0.2) is 0 Å². The van der Waals surface area contributed by atoms with Crippen LogP contribution in [0.5, 0.6) is 0 Å². The Balaban J connectivity index is 2.11. The molecule has 2 rings (SSSR count). The molecule has 7 heteroatoms. The Labute approximate surface area is 110 Å². The molecule has 0 saturated carbocycles. The first-order valence-electron chi connectivity index (χ1n) is 6.19. The Morgan fingerprint density at radius 1 is 1.44 bits per heavy atom. The zero-order valence-corrected chi connectivity index (χ0v) is 11.5. The molecule has 0 bridgehead atoms. The van der Waals surface area contributed by atoms with E-state index in [0.29, 0.717) is 6.42 Å². The summed E-state index contributed by atoms with van der Waals surface area (Å²) in [4.78, 5) is 5.33. The molecule has 1 atom stereocenters. The van der Waals surface area contributed by atoms with Gasteiger partial charge >= 0.3 is 0 Å². The van der Waals surface area contributed by atoms with Crippen molar-refractivity contribution in [3.05, 3.63) is 22.7 Å². The first-order valence-corrected chi connectivity index (χ1v) is 6.97. The molecule has 0 fully saturated rings. The highest BCUT2D eigenvalue weighted by molar-refractivity contribution is 7.05. The lowest BCUT2D eigenvalue weighted by molar-refractivity contribution is 0.549. The average Bonchev–Trinajstić information content (AvgIpc) is 2.98. The van der Waals surface area contributed by atoms with E-state index in [1.165, 1.54) is 11.5 Å². The molecule has 0 aliphatic carbocycles. The zero-order valence-electron chi connectivity index (χ0n) is 10.7. The third-order valence-electron chi connectivity index (χ3n) is 2.79. The van der Waals surface area contributed by atoms with Crippen molar-refractivity contribution in [2.75, 3.05) is 0 Å². The van der Waals surface area contributed by atoms with E-state index < -0.39 is 0 Å². The molecule has 6 nitrogen and oxygen atoms in total. The molecule has 2 aromatic rings. The van der Waals surface area contributed by atoms with Gasteiger partial charge in [-0.05, 0) is 24.4 Å². The Kier molecular flexibility index (Phi) is 4.38. The molecule has 2 N–H and O–H groups in total. The molecule has 2 aromatic heterocycles. The predicted octanol–water partition coefficient (Wildman–Crippen LogP) is 1.34. The molecule has 1 unspecified atom stereocenters. The van der Waals surface area contributed by atoms with Crippen LogP contribution in [0.1, 0.15) is 42.7 Å². The molecule has 18 heavy (non-hydrogen) atoms. The maximum absolute atomic E-state index is 6.22. The number of rotatable bonds is 6. The van der Waals surface area contributed by atoms with Crippen molar-refractivity contribution < 1.29 is 0 Å². The lowest BCUT2D eigenvalue weighted by Gasteiger charge is -2.10. The lowest BCUT2D eigenvalue weighted by Crippen LogP contribution is -2.17. The zero-order chi connectivity index (χ0) is 13.0. The van der Waals surface area contributed by atoms with Gasteiger partial charge in [-0.3, -0.25) is 4.68 Å². The van der Waals surface area contributed by atoms with Crippen LogP contribution >= 0.6 is 11.5 Å². The summed E-state index contributed by atoms with van der Waals surface area (Å²) in [6.45, 7) is 5.06. The van der Waals surface area contributed by atoms with Gasteiger partial charge in [0.25, 0.3) is 0 Å². The van der Waals surface area contributed by atoms with Gasteiger partial charge in [0, 0.05) is 19.0 Å². The third-order valence-corrected chi connectivity index (χ3v) is 3.69.